The van der Waals surface area contributed by atoms with Crippen molar-refractivity contribution in [2.75, 3.05) is 0 Å². The third kappa shape index (κ3) is 1.72. The molecule has 0 unspecified atom stereocenters. The molecule has 0 heterocycles. The highest BCUT2D eigenvalue weighted by molar-refractivity contribution is 6.32. The van der Waals surface area contributed by atoms with Gasteiger partial charge in [0.05, 0.1) is 0 Å². The first-order valence-electron chi connectivity index (χ1n) is 4.01. The molecule has 0 aliphatic carbocycles. The molecule has 1 aromatic carbocycles. The van der Waals surface area contributed by atoms with Crippen LogP contribution in [0.2, 0.25) is 5.02 Å². The molecular formula is C10H13ClO. The fourth-order valence-electron chi connectivity index (χ4n) is 1.20. The van der Waals surface area contributed by atoms with Crippen molar-refractivity contribution in [1.29, 1.82) is 0 Å². The van der Waals surface area contributed by atoms with Gasteiger partial charge < -0.3 is 5.11 Å². The van der Waals surface area contributed by atoms with Crippen LogP contribution in [0.5, 0.6) is 5.75 Å². The summed E-state index contributed by atoms with van der Waals surface area (Å²) in [6.45, 7) is 6.01. The Labute approximate surface area is 78.0 Å². The van der Waals surface area contributed by atoms with Gasteiger partial charge in [0.25, 0.3) is 0 Å². The SMILES string of the molecule is Cc1cc(O)cc(C(C)C)c1Cl. The Hall–Kier alpha value is -0.690. The topological polar surface area (TPSA) is 20.2 Å². The first-order chi connectivity index (χ1) is 5.52. The summed E-state index contributed by atoms with van der Waals surface area (Å²) in [5, 5.41) is 10.1. The Kier molecular flexibility index (Phi) is 2.63. The van der Waals surface area contributed by atoms with E-state index in [9.17, 15) is 5.11 Å². The summed E-state index contributed by atoms with van der Waals surface area (Å²) in [6.07, 6.45) is 0. The average molecular weight is 185 g/mol. The lowest BCUT2D eigenvalue weighted by Crippen LogP contribution is -1.90. The van der Waals surface area contributed by atoms with Gasteiger partial charge in [-0.25, -0.2) is 0 Å². The van der Waals surface area contributed by atoms with E-state index < -0.39 is 0 Å². The molecule has 0 atom stereocenters. The minimum absolute atomic E-state index is 0.292. The maximum absolute atomic E-state index is 9.31. The van der Waals surface area contributed by atoms with Crippen LogP contribution in [0.3, 0.4) is 0 Å². The second kappa shape index (κ2) is 3.36. The molecule has 1 nitrogen and oxygen atoms in total. The first-order valence-corrected chi connectivity index (χ1v) is 4.39. The van der Waals surface area contributed by atoms with Crippen molar-refractivity contribution in [1.82, 2.24) is 0 Å². The van der Waals surface area contributed by atoms with Gasteiger partial charge in [-0.3, -0.25) is 0 Å². The molecule has 0 saturated heterocycles. The molecule has 0 aliphatic rings. The first kappa shape index (κ1) is 9.40. The van der Waals surface area contributed by atoms with Gasteiger partial charge in [-0.2, -0.15) is 0 Å². The Morgan fingerprint density at radius 2 is 1.92 bits per heavy atom. The highest BCUT2D eigenvalue weighted by Crippen LogP contribution is 2.30. The van der Waals surface area contributed by atoms with E-state index in [0.717, 1.165) is 16.1 Å². The van der Waals surface area contributed by atoms with Crippen LogP contribution in [-0.4, -0.2) is 5.11 Å². The summed E-state index contributed by atoms with van der Waals surface area (Å²) in [5.74, 6) is 0.642. The Bertz CT molecular complexity index is 292. The van der Waals surface area contributed by atoms with E-state index in [0.29, 0.717) is 11.7 Å². The van der Waals surface area contributed by atoms with Crippen LogP contribution in [0.4, 0.5) is 0 Å². The molecule has 0 fully saturated rings. The minimum atomic E-state index is 0.292. The van der Waals surface area contributed by atoms with Crippen molar-refractivity contribution >= 4 is 11.6 Å². The number of rotatable bonds is 1. The van der Waals surface area contributed by atoms with Crippen molar-refractivity contribution < 1.29 is 5.11 Å². The fourth-order valence-corrected chi connectivity index (χ4v) is 1.52. The summed E-state index contributed by atoms with van der Waals surface area (Å²) < 4.78 is 0. The van der Waals surface area contributed by atoms with Crippen molar-refractivity contribution in [3.8, 4) is 5.75 Å². The molecule has 1 aromatic rings. The smallest absolute Gasteiger partial charge is 0.116 e. The van der Waals surface area contributed by atoms with E-state index in [-0.39, 0.29) is 0 Å². The van der Waals surface area contributed by atoms with Gasteiger partial charge in [-0.1, -0.05) is 25.4 Å². The van der Waals surface area contributed by atoms with Crippen molar-refractivity contribution in [2.24, 2.45) is 0 Å². The Balaban J connectivity index is 3.28. The predicted octanol–water partition coefficient (Wildman–Crippen LogP) is 3.48. The predicted molar refractivity (Wildman–Crippen MR) is 51.9 cm³/mol. The van der Waals surface area contributed by atoms with Crippen LogP contribution < -0.4 is 0 Å². The van der Waals surface area contributed by atoms with E-state index in [1.807, 2.05) is 6.92 Å². The highest BCUT2D eigenvalue weighted by Gasteiger charge is 2.08. The molecule has 1 rings (SSSR count). The molecule has 0 aliphatic heterocycles. The molecule has 2 heteroatoms. The zero-order chi connectivity index (χ0) is 9.30. The lowest BCUT2D eigenvalue weighted by molar-refractivity contribution is 0.473. The number of hydrogen-bond acceptors (Lipinski definition) is 1. The molecule has 12 heavy (non-hydrogen) atoms. The monoisotopic (exact) mass is 184 g/mol. The normalized spacial score (nSPS) is 10.8. The molecule has 0 saturated carbocycles. The molecule has 0 amide bonds. The number of benzene rings is 1. The van der Waals surface area contributed by atoms with Crippen LogP contribution in [0.25, 0.3) is 0 Å². The second-order valence-electron chi connectivity index (χ2n) is 3.32. The highest BCUT2D eigenvalue weighted by atomic mass is 35.5. The third-order valence-electron chi connectivity index (χ3n) is 1.89. The molecular weight excluding hydrogens is 172 g/mol. The number of phenolic OH excluding ortho intramolecular Hbond substituents is 1. The van der Waals surface area contributed by atoms with Crippen LogP contribution in [-0.2, 0) is 0 Å². The summed E-state index contributed by atoms with van der Waals surface area (Å²) >= 11 is 6.05. The number of aryl methyl sites for hydroxylation is 1. The maximum atomic E-state index is 9.31. The van der Waals surface area contributed by atoms with Gasteiger partial charge in [-0.05, 0) is 36.1 Å². The largest absolute Gasteiger partial charge is 0.508 e. The fraction of sp³-hybridized carbons (Fsp3) is 0.400. The molecule has 1 N–H and O–H groups in total. The lowest BCUT2D eigenvalue weighted by Gasteiger charge is -2.10. The standard InChI is InChI=1S/C10H13ClO/c1-6(2)9-5-8(12)4-7(3)10(9)11/h4-6,12H,1-3H3. The number of aromatic hydroxyl groups is 1. The van der Waals surface area contributed by atoms with Gasteiger partial charge in [-0.15, -0.1) is 0 Å². The van der Waals surface area contributed by atoms with Crippen LogP contribution in [0, 0.1) is 6.92 Å². The molecule has 0 radical (unpaired) electrons. The molecule has 0 spiro atoms. The zero-order valence-corrected chi connectivity index (χ0v) is 8.31. The second-order valence-corrected chi connectivity index (χ2v) is 3.70. The summed E-state index contributed by atoms with van der Waals surface area (Å²) in [6, 6.07) is 3.40. The molecule has 0 bridgehead atoms. The number of phenols is 1. The molecule has 0 aromatic heterocycles. The van der Waals surface area contributed by atoms with E-state index in [1.165, 1.54) is 0 Å². The van der Waals surface area contributed by atoms with E-state index >= 15 is 0 Å². The van der Waals surface area contributed by atoms with Crippen molar-refractivity contribution in [3.05, 3.63) is 28.3 Å². The van der Waals surface area contributed by atoms with Crippen molar-refractivity contribution in [2.45, 2.75) is 26.7 Å². The lowest BCUT2D eigenvalue weighted by atomic mass is 10.0. The summed E-state index contributed by atoms with van der Waals surface area (Å²) in [4.78, 5) is 0. The summed E-state index contributed by atoms with van der Waals surface area (Å²) in [7, 11) is 0. The van der Waals surface area contributed by atoms with E-state index in [4.69, 9.17) is 11.6 Å². The van der Waals surface area contributed by atoms with Gasteiger partial charge in [0.1, 0.15) is 5.75 Å². The van der Waals surface area contributed by atoms with Crippen LogP contribution in [0.15, 0.2) is 12.1 Å². The third-order valence-corrected chi connectivity index (χ3v) is 2.41. The van der Waals surface area contributed by atoms with Crippen LogP contribution >= 0.6 is 11.6 Å². The molecule has 66 valence electrons. The van der Waals surface area contributed by atoms with Gasteiger partial charge >= 0.3 is 0 Å². The summed E-state index contributed by atoms with van der Waals surface area (Å²) in [5.41, 5.74) is 1.94. The zero-order valence-electron chi connectivity index (χ0n) is 7.56. The van der Waals surface area contributed by atoms with Gasteiger partial charge in [0.15, 0.2) is 0 Å². The Morgan fingerprint density at radius 3 is 2.42 bits per heavy atom. The van der Waals surface area contributed by atoms with Crippen LogP contribution in [0.1, 0.15) is 30.9 Å². The van der Waals surface area contributed by atoms with Gasteiger partial charge in [0, 0.05) is 5.02 Å². The average Bonchev–Trinajstić information content (AvgIpc) is 1.96. The van der Waals surface area contributed by atoms with E-state index in [1.54, 1.807) is 12.1 Å². The van der Waals surface area contributed by atoms with Gasteiger partial charge in [0.2, 0.25) is 0 Å². The maximum Gasteiger partial charge on any atom is 0.116 e. The van der Waals surface area contributed by atoms with Crippen molar-refractivity contribution in [3.63, 3.8) is 0 Å². The van der Waals surface area contributed by atoms with E-state index in [2.05, 4.69) is 13.8 Å². The quantitative estimate of drug-likeness (QED) is 0.709. The number of halogens is 1. The Morgan fingerprint density at radius 1 is 1.33 bits per heavy atom. The number of hydrogen-bond donors (Lipinski definition) is 1. The minimum Gasteiger partial charge on any atom is -0.508 e.